The molecule has 1 N–H and O–H groups in total. The summed E-state index contributed by atoms with van der Waals surface area (Å²) < 4.78 is 5.26. The van der Waals surface area contributed by atoms with Crippen molar-refractivity contribution in [3.63, 3.8) is 0 Å². The molecule has 2 rings (SSSR count). The molecule has 0 radical (unpaired) electrons. The number of nitrogens with one attached hydrogen (secondary N) is 1. The van der Waals surface area contributed by atoms with Crippen LogP contribution in [0.4, 0.5) is 0 Å². The Balaban J connectivity index is 1.72. The minimum Gasteiger partial charge on any atom is -0.379 e. The molecule has 0 spiro atoms. The van der Waals surface area contributed by atoms with E-state index >= 15 is 0 Å². The van der Waals surface area contributed by atoms with Gasteiger partial charge in [-0.25, -0.2) is 10.4 Å². The Labute approximate surface area is 82.3 Å². The largest absolute Gasteiger partial charge is 0.379 e. The fraction of sp³-hybridized carbons (Fsp3) is 0.556. The molecule has 0 atom stereocenters. The lowest BCUT2D eigenvalue weighted by molar-refractivity contribution is 0.0107. The van der Waals surface area contributed by atoms with Crippen molar-refractivity contribution >= 4 is 11.3 Å². The molecule has 0 bridgehead atoms. The summed E-state index contributed by atoms with van der Waals surface area (Å²) >= 11 is 1.79. The molecule has 0 aromatic carbocycles. The van der Waals surface area contributed by atoms with Gasteiger partial charge in [-0.05, 0) is 11.4 Å². The van der Waals surface area contributed by atoms with Crippen molar-refractivity contribution in [2.45, 2.75) is 6.54 Å². The maximum Gasteiger partial charge on any atom is 0.0608 e. The van der Waals surface area contributed by atoms with Crippen molar-refractivity contribution < 1.29 is 4.74 Å². The van der Waals surface area contributed by atoms with Gasteiger partial charge >= 0.3 is 0 Å². The monoisotopic (exact) mass is 198 g/mol. The molecule has 4 heteroatoms. The molecule has 1 aliphatic heterocycles. The quantitative estimate of drug-likeness (QED) is 0.786. The van der Waals surface area contributed by atoms with Gasteiger partial charge in [-0.1, -0.05) is 6.07 Å². The second-order valence-electron chi connectivity index (χ2n) is 3.01. The fourth-order valence-corrected chi connectivity index (χ4v) is 1.96. The predicted octanol–water partition coefficient (Wildman–Crippen LogP) is 1.08. The van der Waals surface area contributed by atoms with Crippen LogP contribution in [0.2, 0.25) is 0 Å². The fourth-order valence-electron chi connectivity index (χ4n) is 1.32. The lowest BCUT2D eigenvalue weighted by atomic mass is 10.4. The first-order valence-corrected chi connectivity index (χ1v) is 5.42. The minimum atomic E-state index is 0.845. The highest BCUT2D eigenvalue weighted by atomic mass is 32.1. The number of morpholine rings is 1. The minimum absolute atomic E-state index is 0.845. The molecule has 1 aliphatic rings. The van der Waals surface area contributed by atoms with E-state index in [2.05, 4.69) is 27.9 Å². The van der Waals surface area contributed by atoms with Crippen LogP contribution in [0.25, 0.3) is 0 Å². The Kier molecular flexibility index (Phi) is 3.32. The van der Waals surface area contributed by atoms with Crippen LogP contribution in [0, 0.1) is 0 Å². The molecule has 72 valence electrons. The van der Waals surface area contributed by atoms with Crippen LogP contribution < -0.4 is 5.43 Å². The molecular weight excluding hydrogens is 184 g/mol. The molecule has 1 fully saturated rings. The van der Waals surface area contributed by atoms with Gasteiger partial charge in [0.05, 0.1) is 13.2 Å². The number of hydrogen-bond acceptors (Lipinski definition) is 4. The summed E-state index contributed by atoms with van der Waals surface area (Å²) in [6, 6.07) is 4.24. The van der Waals surface area contributed by atoms with E-state index in [-0.39, 0.29) is 0 Å². The smallest absolute Gasteiger partial charge is 0.0608 e. The van der Waals surface area contributed by atoms with Gasteiger partial charge in [-0.15, -0.1) is 11.3 Å². The van der Waals surface area contributed by atoms with Crippen LogP contribution in [0.15, 0.2) is 17.5 Å². The number of ether oxygens (including phenoxy) is 1. The summed E-state index contributed by atoms with van der Waals surface area (Å²) in [6.07, 6.45) is 0. The zero-order chi connectivity index (χ0) is 8.93. The van der Waals surface area contributed by atoms with E-state index in [0.29, 0.717) is 0 Å². The Hall–Kier alpha value is -0.420. The van der Waals surface area contributed by atoms with E-state index in [9.17, 15) is 0 Å². The van der Waals surface area contributed by atoms with Crippen molar-refractivity contribution in [3.8, 4) is 0 Å². The van der Waals surface area contributed by atoms with Gasteiger partial charge in [0.2, 0.25) is 0 Å². The predicted molar refractivity (Wildman–Crippen MR) is 53.6 cm³/mol. The number of rotatable bonds is 3. The number of hydrazine groups is 1. The van der Waals surface area contributed by atoms with Crippen LogP contribution in [-0.4, -0.2) is 31.3 Å². The maximum atomic E-state index is 5.26. The summed E-state index contributed by atoms with van der Waals surface area (Å²) in [5.41, 5.74) is 3.39. The molecule has 1 saturated heterocycles. The third-order valence-electron chi connectivity index (χ3n) is 2.07. The second kappa shape index (κ2) is 4.72. The number of hydrogen-bond donors (Lipinski definition) is 1. The van der Waals surface area contributed by atoms with Crippen molar-refractivity contribution in [2.75, 3.05) is 26.3 Å². The molecule has 1 aromatic rings. The van der Waals surface area contributed by atoms with E-state index in [1.807, 2.05) is 0 Å². The first-order valence-electron chi connectivity index (χ1n) is 4.54. The first kappa shape index (κ1) is 9.15. The Bertz CT molecular complexity index is 232. The lowest BCUT2D eigenvalue weighted by Gasteiger charge is -2.26. The van der Waals surface area contributed by atoms with Crippen molar-refractivity contribution in [3.05, 3.63) is 22.4 Å². The van der Waals surface area contributed by atoms with Gasteiger partial charge in [-0.2, -0.15) is 0 Å². The number of nitrogens with zero attached hydrogens (tertiary/aromatic N) is 1. The van der Waals surface area contributed by atoms with E-state index in [4.69, 9.17) is 4.74 Å². The molecule has 2 heterocycles. The van der Waals surface area contributed by atoms with Crippen LogP contribution >= 0.6 is 11.3 Å². The second-order valence-corrected chi connectivity index (χ2v) is 4.05. The molecule has 0 unspecified atom stereocenters. The zero-order valence-corrected chi connectivity index (χ0v) is 8.35. The van der Waals surface area contributed by atoms with Gasteiger partial charge in [0.1, 0.15) is 0 Å². The first-order chi connectivity index (χ1) is 6.45. The third-order valence-corrected chi connectivity index (χ3v) is 2.94. The van der Waals surface area contributed by atoms with E-state index in [1.165, 1.54) is 4.88 Å². The van der Waals surface area contributed by atoms with Crippen molar-refractivity contribution in [1.82, 2.24) is 10.4 Å². The van der Waals surface area contributed by atoms with Crippen LogP contribution in [0.5, 0.6) is 0 Å². The molecule has 0 saturated carbocycles. The molecular formula is C9H14N2OS. The Morgan fingerprint density at radius 1 is 1.46 bits per heavy atom. The van der Waals surface area contributed by atoms with E-state index < -0.39 is 0 Å². The van der Waals surface area contributed by atoms with Gasteiger partial charge in [0.15, 0.2) is 0 Å². The summed E-state index contributed by atoms with van der Waals surface area (Å²) in [4.78, 5) is 1.38. The van der Waals surface area contributed by atoms with Gasteiger partial charge in [-0.3, -0.25) is 0 Å². The van der Waals surface area contributed by atoms with Crippen LogP contribution in [-0.2, 0) is 11.3 Å². The topological polar surface area (TPSA) is 24.5 Å². The van der Waals surface area contributed by atoms with Crippen molar-refractivity contribution in [2.24, 2.45) is 0 Å². The van der Waals surface area contributed by atoms with Crippen molar-refractivity contribution in [1.29, 1.82) is 0 Å². The average molecular weight is 198 g/mol. The maximum absolute atomic E-state index is 5.26. The third kappa shape index (κ3) is 2.77. The summed E-state index contributed by atoms with van der Waals surface area (Å²) in [5, 5.41) is 4.33. The summed E-state index contributed by atoms with van der Waals surface area (Å²) in [7, 11) is 0. The summed E-state index contributed by atoms with van der Waals surface area (Å²) in [6.45, 7) is 4.61. The molecule has 3 nitrogen and oxygen atoms in total. The van der Waals surface area contributed by atoms with Gasteiger partial charge in [0, 0.05) is 24.5 Å². The highest BCUT2D eigenvalue weighted by Gasteiger charge is 2.08. The Morgan fingerprint density at radius 3 is 3.00 bits per heavy atom. The van der Waals surface area contributed by atoms with E-state index in [0.717, 1.165) is 32.8 Å². The highest BCUT2D eigenvalue weighted by Crippen LogP contribution is 2.07. The van der Waals surface area contributed by atoms with Gasteiger partial charge in [0.25, 0.3) is 0 Å². The lowest BCUT2D eigenvalue weighted by Crippen LogP contribution is -2.45. The number of thiophene rings is 1. The molecule has 0 amide bonds. The van der Waals surface area contributed by atoms with Gasteiger partial charge < -0.3 is 4.74 Å². The summed E-state index contributed by atoms with van der Waals surface area (Å²) in [5.74, 6) is 0. The normalized spacial score (nSPS) is 19.1. The molecule has 0 aliphatic carbocycles. The average Bonchev–Trinajstić information content (AvgIpc) is 2.69. The molecule has 1 aromatic heterocycles. The van der Waals surface area contributed by atoms with E-state index in [1.54, 1.807) is 11.3 Å². The van der Waals surface area contributed by atoms with Crippen LogP contribution in [0.1, 0.15) is 4.88 Å². The molecule has 13 heavy (non-hydrogen) atoms. The Morgan fingerprint density at radius 2 is 2.31 bits per heavy atom. The SMILES string of the molecule is c1csc(CNN2CCOCC2)c1. The zero-order valence-electron chi connectivity index (χ0n) is 7.53. The standard InChI is InChI=1S/C9H14N2OS/c1-2-9(13-7-1)8-10-11-3-5-12-6-4-11/h1-2,7,10H,3-6,8H2. The highest BCUT2D eigenvalue weighted by molar-refractivity contribution is 7.09. The van der Waals surface area contributed by atoms with Crippen LogP contribution in [0.3, 0.4) is 0 Å².